The molecule has 3 heterocycles. The summed E-state index contributed by atoms with van der Waals surface area (Å²) in [6.45, 7) is 4.82. The molecule has 7 heteroatoms. The molecule has 2 saturated carbocycles. The van der Waals surface area contributed by atoms with Gasteiger partial charge >= 0.3 is 0 Å². The molecule has 7 nitrogen and oxygen atoms in total. The molecule has 0 bridgehead atoms. The van der Waals surface area contributed by atoms with Gasteiger partial charge in [0.15, 0.2) is 0 Å². The number of carbonyl (C=O) groups excluding carboxylic acids is 1. The molecule has 2 aromatic rings. The third kappa shape index (κ3) is 2.47. The van der Waals surface area contributed by atoms with Gasteiger partial charge in [-0.15, -0.1) is 10.2 Å². The number of rotatable bonds is 4. The van der Waals surface area contributed by atoms with E-state index >= 15 is 0 Å². The van der Waals surface area contributed by atoms with Crippen molar-refractivity contribution in [3.8, 4) is 0 Å². The number of hydrogen-bond donors (Lipinski definition) is 0. The minimum atomic E-state index is -0.422. The summed E-state index contributed by atoms with van der Waals surface area (Å²) in [5.74, 6) is 1.87. The smallest absolute Gasteiger partial charge is 0.275 e. The van der Waals surface area contributed by atoms with Gasteiger partial charge in [-0.3, -0.25) is 9.48 Å². The highest BCUT2D eigenvalue weighted by Gasteiger charge is 2.61. The number of carbonyl (C=O) groups is 1. The molecule has 1 aliphatic heterocycles. The molecule has 27 heavy (non-hydrogen) atoms. The summed E-state index contributed by atoms with van der Waals surface area (Å²) in [7, 11) is 0. The van der Waals surface area contributed by atoms with Crippen LogP contribution in [0, 0.1) is 5.92 Å². The molecule has 2 aliphatic carbocycles. The zero-order valence-corrected chi connectivity index (χ0v) is 16.1. The summed E-state index contributed by atoms with van der Waals surface area (Å²) in [4.78, 5) is 15.3. The van der Waals surface area contributed by atoms with Crippen molar-refractivity contribution in [2.75, 3.05) is 6.54 Å². The van der Waals surface area contributed by atoms with Crippen LogP contribution in [0.4, 0.5) is 0 Å². The molecule has 1 saturated heterocycles. The molecule has 3 fully saturated rings. The predicted octanol–water partition coefficient (Wildman–Crippen LogP) is 3.66. The number of aromatic nitrogens is 4. The summed E-state index contributed by atoms with van der Waals surface area (Å²) in [5.41, 5.74) is 0.117. The van der Waals surface area contributed by atoms with E-state index < -0.39 is 5.54 Å². The van der Waals surface area contributed by atoms with Gasteiger partial charge in [-0.2, -0.15) is 5.10 Å². The molecule has 0 spiro atoms. The number of hydrogen-bond acceptors (Lipinski definition) is 5. The second kappa shape index (κ2) is 6.17. The average Bonchev–Trinajstić information content (AvgIpc) is 3.41. The van der Waals surface area contributed by atoms with E-state index in [0.29, 0.717) is 29.4 Å². The zero-order valence-electron chi connectivity index (χ0n) is 16.1. The van der Waals surface area contributed by atoms with Crippen molar-refractivity contribution < 1.29 is 9.21 Å². The maximum Gasteiger partial charge on any atom is 0.275 e. The molecule has 0 N–H and O–H groups in total. The molecule has 1 amide bonds. The van der Waals surface area contributed by atoms with Crippen molar-refractivity contribution in [2.45, 2.75) is 76.3 Å². The average molecular weight is 369 g/mol. The SMILES string of the molecule is CC(C)c1nnc([C@]23CC[C@H]2CCN3C(=O)c2ccn(C3CCCC3)n2)o1. The quantitative estimate of drug-likeness (QED) is 0.822. The van der Waals surface area contributed by atoms with Crippen LogP contribution in [0.1, 0.15) is 93.0 Å². The van der Waals surface area contributed by atoms with Crippen LogP contribution >= 0.6 is 0 Å². The van der Waals surface area contributed by atoms with E-state index in [1.165, 1.54) is 12.8 Å². The van der Waals surface area contributed by atoms with Gasteiger partial charge in [0.25, 0.3) is 5.91 Å². The van der Waals surface area contributed by atoms with Crippen molar-refractivity contribution >= 4 is 5.91 Å². The second-order valence-corrected chi connectivity index (χ2v) is 8.62. The first-order chi connectivity index (χ1) is 13.1. The number of amides is 1. The Hall–Kier alpha value is -2.18. The molecule has 144 valence electrons. The third-order valence-electron chi connectivity index (χ3n) is 6.81. The number of likely N-dealkylation sites (tertiary alicyclic amines) is 1. The van der Waals surface area contributed by atoms with Crippen LogP contribution in [0.2, 0.25) is 0 Å². The van der Waals surface area contributed by atoms with E-state index in [4.69, 9.17) is 4.42 Å². The summed E-state index contributed by atoms with van der Waals surface area (Å²) in [5, 5.41) is 13.2. The van der Waals surface area contributed by atoms with Crippen LogP contribution in [0.5, 0.6) is 0 Å². The lowest BCUT2D eigenvalue weighted by Gasteiger charge is -2.46. The third-order valence-corrected chi connectivity index (χ3v) is 6.81. The summed E-state index contributed by atoms with van der Waals surface area (Å²) < 4.78 is 8.01. The Morgan fingerprint density at radius 2 is 2.04 bits per heavy atom. The normalized spacial score (nSPS) is 28.0. The first-order valence-corrected chi connectivity index (χ1v) is 10.3. The fraction of sp³-hybridized carbons (Fsp3) is 0.700. The van der Waals surface area contributed by atoms with Gasteiger partial charge in [-0.1, -0.05) is 26.7 Å². The topological polar surface area (TPSA) is 77.1 Å². The van der Waals surface area contributed by atoms with Gasteiger partial charge in [0, 0.05) is 18.7 Å². The lowest BCUT2D eigenvalue weighted by atomic mass is 9.67. The summed E-state index contributed by atoms with van der Waals surface area (Å²) in [6, 6.07) is 2.31. The van der Waals surface area contributed by atoms with E-state index in [1.807, 2.05) is 35.7 Å². The molecule has 0 radical (unpaired) electrons. The highest BCUT2D eigenvalue weighted by Crippen LogP contribution is 2.56. The van der Waals surface area contributed by atoms with Crippen LogP contribution in [-0.2, 0) is 5.54 Å². The minimum absolute atomic E-state index is 0.00163. The maximum atomic E-state index is 13.3. The van der Waals surface area contributed by atoms with E-state index in [9.17, 15) is 4.79 Å². The van der Waals surface area contributed by atoms with Crippen molar-refractivity contribution in [1.29, 1.82) is 0 Å². The van der Waals surface area contributed by atoms with E-state index in [1.54, 1.807) is 0 Å². The van der Waals surface area contributed by atoms with Crippen LogP contribution in [0.3, 0.4) is 0 Å². The lowest BCUT2D eigenvalue weighted by molar-refractivity contribution is -0.00414. The van der Waals surface area contributed by atoms with Crippen LogP contribution in [0.25, 0.3) is 0 Å². The lowest BCUT2D eigenvalue weighted by Crippen LogP contribution is -2.54. The van der Waals surface area contributed by atoms with Crippen LogP contribution < -0.4 is 0 Å². The standard InChI is InChI=1S/C20H27N5O2/c1-13(2)17-21-22-19(27-17)20-10-7-14(20)8-11-24(20)18(26)16-9-12-25(23-16)15-5-3-4-6-15/h9,12-15H,3-8,10-11H2,1-2H3/t14-,20-/m0/s1. The molecule has 5 rings (SSSR count). The van der Waals surface area contributed by atoms with Gasteiger partial charge < -0.3 is 9.32 Å². The maximum absolute atomic E-state index is 13.3. The Morgan fingerprint density at radius 3 is 2.70 bits per heavy atom. The molecule has 0 aromatic carbocycles. The van der Waals surface area contributed by atoms with Gasteiger partial charge in [0.2, 0.25) is 11.8 Å². The summed E-state index contributed by atoms with van der Waals surface area (Å²) >= 11 is 0. The van der Waals surface area contributed by atoms with E-state index in [2.05, 4.69) is 15.3 Å². The van der Waals surface area contributed by atoms with Crippen LogP contribution in [0.15, 0.2) is 16.7 Å². The Bertz CT molecular complexity index is 850. The summed E-state index contributed by atoms with van der Waals surface area (Å²) in [6.07, 6.45) is 9.78. The molecule has 2 atom stereocenters. The largest absolute Gasteiger partial charge is 0.422 e. The predicted molar refractivity (Wildman–Crippen MR) is 98.2 cm³/mol. The minimum Gasteiger partial charge on any atom is -0.422 e. The number of fused-ring (bicyclic) bond motifs is 1. The molecular weight excluding hydrogens is 342 g/mol. The first kappa shape index (κ1) is 17.0. The molecule has 3 aliphatic rings. The van der Waals surface area contributed by atoms with Crippen molar-refractivity contribution in [1.82, 2.24) is 24.9 Å². The van der Waals surface area contributed by atoms with Gasteiger partial charge in [0.1, 0.15) is 11.2 Å². The highest BCUT2D eigenvalue weighted by molar-refractivity contribution is 5.93. The highest BCUT2D eigenvalue weighted by atomic mass is 16.4. The van der Waals surface area contributed by atoms with Crippen molar-refractivity contribution in [3.05, 3.63) is 29.7 Å². The number of nitrogens with zero attached hydrogens (tertiary/aromatic N) is 5. The Balaban J connectivity index is 1.44. The molecular formula is C20H27N5O2. The van der Waals surface area contributed by atoms with E-state index in [0.717, 1.165) is 38.6 Å². The zero-order chi connectivity index (χ0) is 18.6. The fourth-order valence-corrected chi connectivity index (χ4v) is 5.13. The Labute approximate surface area is 159 Å². The van der Waals surface area contributed by atoms with E-state index in [-0.39, 0.29) is 11.8 Å². The van der Waals surface area contributed by atoms with Gasteiger partial charge in [-0.05, 0) is 44.1 Å². The fourth-order valence-electron chi connectivity index (χ4n) is 5.13. The first-order valence-electron chi connectivity index (χ1n) is 10.3. The Kier molecular flexibility index (Phi) is 3.88. The molecule has 0 unspecified atom stereocenters. The molecule has 2 aromatic heterocycles. The van der Waals surface area contributed by atoms with Crippen LogP contribution in [-0.4, -0.2) is 37.3 Å². The monoisotopic (exact) mass is 369 g/mol. The van der Waals surface area contributed by atoms with Gasteiger partial charge in [-0.25, -0.2) is 0 Å². The second-order valence-electron chi connectivity index (χ2n) is 8.62. The van der Waals surface area contributed by atoms with Crippen molar-refractivity contribution in [2.24, 2.45) is 5.92 Å². The van der Waals surface area contributed by atoms with Crippen molar-refractivity contribution in [3.63, 3.8) is 0 Å². The Morgan fingerprint density at radius 1 is 1.22 bits per heavy atom. The van der Waals surface area contributed by atoms with Gasteiger partial charge in [0.05, 0.1) is 6.04 Å².